The van der Waals surface area contributed by atoms with E-state index in [9.17, 15) is 14.0 Å². The molecule has 0 atom stereocenters. The molecule has 1 rings (SSSR count). The Kier molecular flexibility index (Phi) is 5.84. The standard InChI is InChI=1S/C13H15FO4/c1-2-17-13(16)4-3-7-18-12-8-11(14)6-5-10(12)9-15/h5-6,8-9H,2-4,7H2,1H3. The second kappa shape index (κ2) is 7.42. The second-order valence-corrected chi connectivity index (χ2v) is 3.56. The lowest BCUT2D eigenvalue weighted by Gasteiger charge is -2.08. The van der Waals surface area contributed by atoms with Crippen LogP contribution in [-0.4, -0.2) is 25.5 Å². The van der Waals surface area contributed by atoms with Crippen molar-refractivity contribution in [3.63, 3.8) is 0 Å². The Balaban J connectivity index is 2.41. The number of hydrogen-bond donors (Lipinski definition) is 0. The molecule has 0 saturated carbocycles. The molecule has 0 unspecified atom stereocenters. The molecule has 5 heteroatoms. The summed E-state index contributed by atoms with van der Waals surface area (Å²) in [5.74, 6) is -0.578. The second-order valence-electron chi connectivity index (χ2n) is 3.56. The Morgan fingerprint density at radius 3 is 2.89 bits per heavy atom. The Bertz CT molecular complexity index is 417. The van der Waals surface area contributed by atoms with Gasteiger partial charge in [-0.2, -0.15) is 0 Å². The van der Waals surface area contributed by atoms with Gasteiger partial charge in [-0.15, -0.1) is 0 Å². The molecule has 0 aliphatic rings. The van der Waals surface area contributed by atoms with Crippen molar-refractivity contribution in [2.45, 2.75) is 19.8 Å². The van der Waals surface area contributed by atoms with Crippen molar-refractivity contribution < 1.29 is 23.5 Å². The number of benzene rings is 1. The molecule has 0 aromatic heterocycles. The first kappa shape index (κ1) is 14.2. The van der Waals surface area contributed by atoms with Gasteiger partial charge in [0.1, 0.15) is 11.6 Å². The van der Waals surface area contributed by atoms with Crippen molar-refractivity contribution in [3.05, 3.63) is 29.6 Å². The third kappa shape index (κ3) is 4.53. The van der Waals surface area contributed by atoms with E-state index >= 15 is 0 Å². The largest absolute Gasteiger partial charge is 0.493 e. The van der Waals surface area contributed by atoms with Crippen LogP contribution in [0.4, 0.5) is 4.39 Å². The number of halogens is 1. The van der Waals surface area contributed by atoms with Crippen LogP contribution in [0.25, 0.3) is 0 Å². The Labute approximate surface area is 105 Å². The molecule has 0 aliphatic carbocycles. The van der Waals surface area contributed by atoms with E-state index in [-0.39, 0.29) is 30.3 Å². The number of hydrogen-bond acceptors (Lipinski definition) is 4. The van der Waals surface area contributed by atoms with Crippen LogP contribution in [0.2, 0.25) is 0 Å². The first-order valence-electron chi connectivity index (χ1n) is 5.70. The van der Waals surface area contributed by atoms with Gasteiger partial charge in [0.25, 0.3) is 0 Å². The van der Waals surface area contributed by atoms with Gasteiger partial charge in [0, 0.05) is 12.5 Å². The van der Waals surface area contributed by atoms with Crippen LogP contribution in [0.15, 0.2) is 18.2 Å². The minimum Gasteiger partial charge on any atom is -0.493 e. The van der Waals surface area contributed by atoms with E-state index in [0.29, 0.717) is 19.3 Å². The normalized spacial score (nSPS) is 9.89. The van der Waals surface area contributed by atoms with E-state index < -0.39 is 5.82 Å². The maximum absolute atomic E-state index is 13.0. The molecular formula is C13H15FO4. The fraction of sp³-hybridized carbons (Fsp3) is 0.385. The number of aldehydes is 1. The lowest BCUT2D eigenvalue weighted by Crippen LogP contribution is -2.07. The molecule has 98 valence electrons. The molecule has 18 heavy (non-hydrogen) atoms. The van der Waals surface area contributed by atoms with Gasteiger partial charge in [0.2, 0.25) is 0 Å². The van der Waals surface area contributed by atoms with E-state index in [1.54, 1.807) is 6.92 Å². The van der Waals surface area contributed by atoms with Gasteiger partial charge in [0.05, 0.1) is 18.8 Å². The summed E-state index contributed by atoms with van der Waals surface area (Å²) in [6.45, 7) is 2.31. The van der Waals surface area contributed by atoms with Crippen molar-refractivity contribution in [1.29, 1.82) is 0 Å². The summed E-state index contributed by atoms with van der Waals surface area (Å²) in [6, 6.07) is 3.69. The molecule has 0 fully saturated rings. The highest BCUT2D eigenvalue weighted by atomic mass is 19.1. The van der Waals surface area contributed by atoms with Gasteiger partial charge in [-0.3, -0.25) is 9.59 Å². The molecule has 0 spiro atoms. The first-order chi connectivity index (χ1) is 8.67. The molecule has 0 heterocycles. The van der Waals surface area contributed by atoms with Crippen LogP contribution in [0.3, 0.4) is 0 Å². The van der Waals surface area contributed by atoms with Crippen LogP contribution in [0.5, 0.6) is 5.75 Å². The molecule has 0 radical (unpaired) electrons. The Hall–Kier alpha value is -1.91. The summed E-state index contributed by atoms with van der Waals surface area (Å²) >= 11 is 0. The van der Waals surface area contributed by atoms with Crippen molar-refractivity contribution in [3.8, 4) is 5.75 Å². The number of rotatable bonds is 7. The van der Waals surface area contributed by atoms with E-state index in [1.807, 2.05) is 0 Å². The fourth-order valence-corrected chi connectivity index (χ4v) is 1.36. The summed E-state index contributed by atoms with van der Waals surface area (Å²) in [5, 5.41) is 0. The van der Waals surface area contributed by atoms with Gasteiger partial charge in [-0.1, -0.05) is 0 Å². The van der Waals surface area contributed by atoms with Crippen molar-refractivity contribution in [2.24, 2.45) is 0 Å². The summed E-state index contributed by atoms with van der Waals surface area (Å²) in [6.07, 6.45) is 1.29. The van der Waals surface area contributed by atoms with E-state index in [4.69, 9.17) is 9.47 Å². The Morgan fingerprint density at radius 1 is 1.44 bits per heavy atom. The smallest absolute Gasteiger partial charge is 0.305 e. The number of carbonyl (C=O) groups is 2. The molecule has 0 N–H and O–H groups in total. The maximum Gasteiger partial charge on any atom is 0.305 e. The fourth-order valence-electron chi connectivity index (χ4n) is 1.36. The van der Waals surface area contributed by atoms with Gasteiger partial charge >= 0.3 is 5.97 Å². The van der Waals surface area contributed by atoms with Crippen LogP contribution < -0.4 is 4.74 Å². The summed E-state index contributed by atoms with van der Waals surface area (Å²) in [7, 11) is 0. The van der Waals surface area contributed by atoms with Gasteiger partial charge in [-0.05, 0) is 25.5 Å². The molecule has 4 nitrogen and oxygen atoms in total. The third-order valence-corrected chi connectivity index (χ3v) is 2.19. The number of ether oxygens (including phenoxy) is 2. The predicted molar refractivity (Wildman–Crippen MR) is 63.1 cm³/mol. The summed E-state index contributed by atoms with van der Waals surface area (Å²) < 4.78 is 23.0. The van der Waals surface area contributed by atoms with Crippen LogP contribution in [0, 0.1) is 5.82 Å². The summed E-state index contributed by atoms with van der Waals surface area (Å²) in [5.41, 5.74) is 0.285. The van der Waals surface area contributed by atoms with Gasteiger partial charge in [0.15, 0.2) is 6.29 Å². The predicted octanol–water partition coefficient (Wildman–Crippen LogP) is 2.36. The average molecular weight is 254 g/mol. The van der Waals surface area contributed by atoms with E-state index in [1.165, 1.54) is 12.1 Å². The minimum atomic E-state index is -0.471. The third-order valence-electron chi connectivity index (χ3n) is 2.19. The molecule has 1 aromatic rings. The van der Waals surface area contributed by atoms with Crippen LogP contribution in [-0.2, 0) is 9.53 Å². The highest BCUT2D eigenvalue weighted by molar-refractivity contribution is 5.79. The number of carbonyl (C=O) groups excluding carboxylic acids is 2. The molecular weight excluding hydrogens is 239 g/mol. The zero-order valence-electron chi connectivity index (χ0n) is 10.1. The van der Waals surface area contributed by atoms with Crippen molar-refractivity contribution in [2.75, 3.05) is 13.2 Å². The number of esters is 1. The molecule has 1 aromatic carbocycles. The molecule has 0 aliphatic heterocycles. The van der Waals surface area contributed by atoms with Gasteiger partial charge in [-0.25, -0.2) is 4.39 Å². The Morgan fingerprint density at radius 2 is 2.22 bits per heavy atom. The molecule has 0 amide bonds. The molecule has 0 bridgehead atoms. The zero-order chi connectivity index (χ0) is 13.4. The van der Waals surface area contributed by atoms with Crippen molar-refractivity contribution >= 4 is 12.3 Å². The monoisotopic (exact) mass is 254 g/mol. The lowest BCUT2D eigenvalue weighted by molar-refractivity contribution is -0.143. The first-order valence-corrected chi connectivity index (χ1v) is 5.70. The highest BCUT2D eigenvalue weighted by Gasteiger charge is 2.06. The van der Waals surface area contributed by atoms with Gasteiger partial charge < -0.3 is 9.47 Å². The topological polar surface area (TPSA) is 52.6 Å². The summed E-state index contributed by atoms with van der Waals surface area (Å²) in [4.78, 5) is 21.7. The maximum atomic E-state index is 13.0. The van der Waals surface area contributed by atoms with Crippen LogP contribution >= 0.6 is 0 Å². The lowest BCUT2D eigenvalue weighted by atomic mass is 10.2. The minimum absolute atomic E-state index is 0.189. The van der Waals surface area contributed by atoms with Crippen molar-refractivity contribution in [1.82, 2.24) is 0 Å². The SMILES string of the molecule is CCOC(=O)CCCOc1cc(F)ccc1C=O. The average Bonchev–Trinajstić information content (AvgIpc) is 2.35. The van der Waals surface area contributed by atoms with Crippen LogP contribution in [0.1, 0.15) is 30.1 Å². The zero-order valence-corrected chi connectivity index (χ0v) is 10.1. The van der Waals surface area contributed by atoms with E-state index in [2.05, 4.69) is 0 Å². The molecule has 0 saturated heterocycles. The quantitative estimate of drug-likeness (QED) is 0.426. The van der Waals surface area contributed by atoms with E-state index in [0.717, 1.165) is 6.07 Å². The highest BCUT2D eigenvalue weighted by Crippen LogP contribution is 2.18.